The summed E-state index contributed by atoms with van der Waals surface area (Å²) >= 11 is 0. The van der Waals surface area contributed by atoms with Crippen molar-refractivity contribution >= 4 is 17.6 Å². The van der Waals surface area contributed by atoms with E-state index in [0.29, 0.717) is 5.56 Å². The minimum absolute atomic E-state index is 0.123. The SMILES string of the molecule is Cc1ccc(C(=O)CN2C(=O)CC3(CCCCC3)C2=O)cc1C. The zero-order valence-electron chi connectivity index (χ0n) is 13.9. The van der Waals surface area contributed by atoms with Crippen LogP contribution in [0.4, 0.5) is 0 Å². The van der Waals surface area contributed by atoms with Crippen molar-refractivity contribution in [2.75, 3.05) is 6.54 Å². The number of ketones is 1. The third-order valence-corrected chi connectivity index (χ3v) is 5.43. The number of likely N-dealkylation sites (tertiary alicyclic amines) is 1. The van der Waals surface area contributed by atoms with Gasteiger partial charge in [0, 0.05) is 12.0 Å². The van der Waals surface area contributed by atoms with Crippen molar-refractivity contribution in [1.29, 1.82) is 0 Å². The van der Waals surface area contributed by atoms with Gasteiger partial charge in [0.05, 0.1) is 12.0 Å². The first-order chi connectivity index (χ1) is 10.9. The van der Waals surface area contributed by atoms with Crippen molar-refractivity contribution < 1.29 is 14.4 Å². The van der Waals surface area contributed by atoms with Crippen LogP contribution in [0.5, 0.6) is 0 Å². The van der Waals surface area contributed by atoms with Crippen molar-refractivity contribution in [3.05, 3.63) is 34.9 Å². The molecule has 1 aromatic carbocycles. The van der Waals surface area contributed by atoms with E-state index in [4.69, 9.17) is 0 Å². The van der Waals surface area contributed by atoms with E-state index >= 15 is 0 Å². The number of benzene rings is 1. The van der Waals surface area contributed by atoms with E-state index in [9.17, 15) is 14.4 Å². The summed E-state index contributed by atoms with van der Waals surface area (Å²) in [6, 6.07) is 5.50. The molecule has 4 heteroatoms. The summed E-state index contributed by atoms with van der Waals surface area (Å²) in [5, 5.41) is 0. The molecule has 0 N–H and O–H groups in total. The molecule has 122 valence electrons. The number of carbonyl (C=O) groups is 3. The van der Waals surface area contributed by atoms with E-state index in [0.717, 1.165) is 43.2 Å². The number of nitrogens with zero attached hydrogens (tertiary/aromatic N) is 1. The number of imide groups is 1. The van der Waals surface area contributed by atoms with Crippen molar-refractivity contribution in [2.45, 2.75) is 52.4 Å². The summed E-state index contributed by atoms with van der Waals surface area (Å²) in [7, 11) is 0. The van der Waals surface area contributed by atoms with Gasteiger partial charge < -0.3 is 0 Å². The molecule has 4 nitrogen and oxygen atoms in total. The molecule has 3 rings (SSSR count). The Bertz CT molecular complexity index is 671. The second-order valence-electron chi connectivity index (χ2n) is 7.03. The Labute approximate surface area is 136 Å². The number of aryl methyl sites for hydroxylation is 2. The second kappa shape index (κ2) is 5.91. The number of hydrogen-bond acceptors (Lipinski definition) is 3. The molecule has 1 aliphatic heterocycles. The van der Waals surface area contributed by atoms with Crippen molar-refractivity contribution in [2.24, 2.45) is 5.41 Å². The van der Waals surface area contributed by atoms with Gasteiger partial charge in [-0.15, -0.1) is 0 Å². The lowest BCUT2D eigenvalue weighted by Crippen LogP contribution is -2.39. The normalized spacial score (nSPS) is 20.3. The first-order valence-electron chi connectivity index (χ1n) is 8.38. The molecule has 1 saturated heterocycles. The molecule has 0 unspecified atom stereocenters. The maximum atomic E-state index is 12.7. The fraction of sp³-hybridized carbons (Fsp3) is 0.526. The largest absolute Gasteiger partial charge is 0.292 e. The smallest absolute Gasteiger partial charge is 0.236 e. The van der Waals surface area contributed by atoms with Gasteiger partial charge in [0.1, 0.15) is 0 Å². The number of carbonyl (C=O) groups excluding carboxylic acids is 3. The molecule has 1 spiro atoms. The highest BCUT2D eigenvalue weighted by Crippen LogP contribution is 2.45. The minimum atomic E-state index is -0.515. The fourth-order valence-electron chi connectivity index (χ4n) is 3.79. The summed E-state index contributed by atoms with van der Waals surface area (Å²) in [5.74, 6) is -0.476. The van der Waals surface area contributed by atoms with Crippen LogP contribution in [0.15, 0.2) is 18.2 Å². The van der Waals surface area contributed by atoms with Crippen LogP contribution in [0.25, 0.3) is 0 Å². The van der Waals surface area contributed by atoms with Crippen LogP contribution >= 0.6 is 0 Å². The van der Waals surface area contributed by atoms with E-state index in [2.05, 4.69) is 0 Å². The van der Waals surface area contributed by atoms with E-state index in [-0.39, 0.29) is 30.6 Å². The molecule has 23 heavy (non-hydrogen) atoms. The summed E-state index contributed by atoms with van der Waals surface area (Å²) in [6.07, 6.45) is 4.98. The van der Waals surface area contributed by atoms with E-state index in [1.165, 1.54) is 4.90 Å². The Balaban J connectivity index is 1.76. The predicted molar refractivity (Wildman–Crippen MR) is 87.1 cm³/mol. The molecule has 2 aliphatic rings. The molecule has 0 aromatic heterocycles. The summed E-state index contributed by atoms with van der Waals surface area (Å²) in [6.45, 7) is 3.82. The standard InChI is InChI=1S/C19H23NO3/c1-13-6-7-15(10-14(13)2)16(21)12-20-17(22)11-19(18(20)23)8-4-3-5-9-19/h6-7,10H,3-5,8-9,11-12H2,1-2H3. The number of rotatable bonds is 3. The van der Waals surface area contributed by atoms with Crippen LogP contribution in [0, 0.1) is 19.3 Å². The highest BCUT2D eigenvalue weighted by Gasteiger charge is 2.51. The average Bonchev–Trinajstić information content (AvgIpc) is 2.75. The summed E-state index contributed by atoms with van der Waals surface area (Å²) in [5.41, 5.74) is 2.21. The number of Topliss-reactive ketones (excluding diaryl/α,β-unsaturated/α-hetero) is 1. The van der Waals surface area contributed by atoms with Crippen molar-refractivity contribution in [1.82, 2.24) is 4.90 Å². The molecule has 0 radical (unpaired) electrons. The quantitative estimate of drug-likeness (QED) is 0.636. The van der Waals surface area contributed by atoms with Crippen LogP contribution in [-0.2, 0) is 9.59 Å². The van der Waals surface area contributed by atoms with Gasteiger partial charge in [0.25, 0.3) is 0 Å². The van der Waals surface area contributed by atoms with E-state index in [1.54, 1.807) is 6.07 Å². The van der Waals surface area contributed by atoms with E-state index < -0.39 is 5.41 Å². The molecular weight excluding hydrogens is 290 g/mol. The Hall–Kier alpha value is -1.97. The van der Waals surface area contributed by atoms with Gasteiger partial charge in [-0.25, -0.2) is 0 Å². The van der Waals surface area contributed by atoms with Crippen LogP contribution in [-0.4, -0.2) is 29.0 Å². The third kappa shape index (κ3) is 2.82. The third-order valence-electron chi connectivity index (χ3n) is 5.43. The fourth-order valence-corrected chi connectivity index (χ4v) is 3.79. The highest BCUT2D eigenvalue weighted by atomic mass is 16.2. The Morgan fingerprint density at radius 2 is 1.78 bits per heavy atom. The van der Waals surface area contributed by atoms with Gasteiger partial charge in [-0.2, -0.15) is 0 Å². The Kier molecular flexibility index (Phi) is 4.09. The van der Waals surface area contributed by atoms with Gasteiger partial charge >= 0.3 is 0 Å². The maximum absolute atomic E-state index is 12.7. The van der Waals surface area contributed by atoms with Gasteiger partial charge in [-0.1, -0.05) is 31.4 Å². The van der Waals surface area contributed by atoms with Crippen LogP contribution < -0.4 is 0 Å². The van der Waals surface area contributed by atoms with Crippen LogP contribution in [0.2, 0.25) is 0 Å². The van der Waals surface area contributed by atoms with Crippen LogP contribution in [0.3, 0.4) is 0 Å². The lowest BCUT2D eigenvalue weighted by Gasteiger charge is -2.30. The van der Waals surface area contributed by atoms with Gasteiger partial charge in [-0.05, 0) is 43.9 Å². The van der Waals surface area contributed by atoms with E-state index in [1.807, 2.05) is 26.0 Å². The topological polar surface area (TPSA) is 54.5 Å². The van der Waals surface area contributed by atoms with Gasteiger partial charge in [0.2, 0.25) is 11.8 Å². The predicted octanol–water partition coefficient (Wildman–Crippen LogP) is 3.20. The zero-order chi connectivity index (χ0) is 16.6. The molecule has 1 saturated carbocycles. The van der Waals surface area contributed by atoms with Gasteiger partial charge in [0.15, 0.2) is 5.78 Å². The second-order valence-corrected chi connectivity index (χ2v) is 7.03. The molecule has 1 aromatic rings. The Morgan fingerprint density at radius 1 is 1.09 bits per heavy atom. The van der Waals surface area contributed by atoms with Crippen molar-refractivity contribution in [3.63, 3.8) is 0 Å². The molecule has 1 aliphatic carbocycles. The zero-order valence-corrected chi connectivity index (χ0v) is 13.9. The number of amides is 2. The highest BCUT2D eigenvalue weighted by molar-refractivity contribution is 6.10. The Morgan fingerprint density at radius 3 is 2.43 bits per heavy atom. The molecular formula is C19H23NO3. The lowest BCUT2D eigenvalue weighted by atomic mass is 9.73. The monoisotopic (exact) mass is 313 g/mol. The summed E-state index contributed by atoms with van der Waals surface area (Å²) < 4.78 is 0. The van der Waals surface area contributed by atoms with Crippen molar-refractivity contribution in [3.8, 4) is 0 Å². The molecule has 2 fully saturated rings. The number of hydrogen-bond donors (Lipinski definition) is 0. The molecule has 1 heterocycles. The first kappa shape index (κ1) is 15.9. The molecule has 2 amide bonds. The minimum Gasteiger partial charge on any atom is -0.292 e. The molecule has 0 atom stereocenters. The first-order valence-corrected chi connectivity index (χ1v) is 8.38. The average molecular weight is 313 g/mol. The molecule has 0 bridgehead atoms. The summed E-state index contributed by atoms with van der Waals surface area (Å²) in [4.78, 5) is 38.7. The maximum Gasteiger partial charge on any atom is 0.236 e. The van der Waals surface area contributed by atoms with Gasteiger partial charge in [-0.3, -0.25) is 19.3 Å². The van der Waals surface area contributed by atoms with Crippen LogP contribution in [0.1, 0.15) is 60.0 Å². The lowest BCUT2D eigenvalue weighted by molar-refractivity contribution is -0.141.